The molecule has 4 amide bonds. The van der Waals surface area contributed by atoms with Crippen molar-refractivity contribution in [2.24, 2.45) is 5.92 Å². The molecule has 250 valence electrons. The van der Waals surface area contributed by atoms with Gasteiger partial charge in [0.1, 0.15) is 0 Å². The van der Waals surface area contributed by atoms with E-state index < -0.39 is 22.8 Å². The quantitative estimate of drug-likeness (QED) is 0.311. The summed E-state index contributed by atoms with van der Waals surface area (Å²) in [5, 5.41) is 5.65. The first-order valence-electron chi connectivity index (χ1n) is 15.8. The maximum atomic E-state index is 13.8. The summed E-state index contributed by atoms with van der Waals surface area (Å²) in [5.41, 5.74) is 0.735. The Balaban J connectivity index is 1.16. The molecule has 3 saturated heterocycles. The molecule has 0 aliphatic carbocycles. The summed E-state index contributed by atoms with van der Waals surface area (Å²) in [6.45, 7) is 5.97. The van der Waals surface area contributed by atoms with Gasteiger partial charge in [0.15, 0.2) is 0 Å². The number of hydrogen-bond donors (Lipinski definition) is 2. The molecule has 2 atom stereocenters. The van der Waals surface area contributed by atoms with Crippen molar-refractivity contribution in [2.75, 3.05) is 36.4 Å². The second-order valence-corrected chi connectivity index (χ2v) is 13.5. The number of nitrogens with one attached hydrogen (secondary N) is 2. The Bertz CT molecular complexity index is 1440. The Hall–Kier alpha value is -3.02. The highest BCUT2D eigenvalue weighted by atomic mass is 35.5. The fourth-order valence-electron chi connectivity index (χ4n) is 7.12. The largest absolute Gasteiger partial charge is 0.417 e. The molecule has 46 heavy (non-hydrogen) atoms. The Kier molecular flexibility index (Phi) is 10.7. The minimum absolute atomic E-state index is 0.0213. The lowest BCUT2D eigenvalue weighted by Crippen LogP contribution is -2.51. The van der Waals surface area contributed by atoms with Crippen LogP contribution in [0.5, 0.6) is 0 Å². The zero-order valence-electron chi connectivity index (χ0n) is 26.0. The van der Waals surface area contributed by atoms with E-state index in [1.165, 1.54) is 6.07 Å². The molecule has 0 saturated carbocycles. The van der Waals surface area contributed by atoms with Crippen molar-refractivity contribution in [3.05, 3.63) is 57.6 Å². The molecule has 2 aromatic rings. The summed E-state index contributed by atoms with van der Waals surface area (Å²) in [4.78, 5) is 44.4. The molecule has 3 aliphatic rings. The number of amides is 4. The smallest absolute Gasteiger partial charge is 0.343 e. The number of alkyl halides is 3. The molecular weight excluding hydrogens is 642 g/mol. The predicted molar refractivity (Wildman–Crippen MR) is 173 cm³/mol. The molecule has 0 aromatic heterocycles. The summed E-state index contributed by atoms with van der Waals surface area (Å²) in [5.74, 6) is -0.0702. The Morgan fingerprint density at radius 2 is 1.63 bits per heavy atom. The summed E-state index contributed by atoms with van der Waals surface area (Å²) in [7, 11) is 0. The highest BCUT2D eigenvalue weighted by Gasteiger charge is 2.41. The molecule has 13 heteroatoms. The van der Waals surface area contributed by atoms with E-state index in [1.54, 1.807) is 11.8 Å². The second-order valence-electron chi connectivity index (χ2n) is 12.6. The van der Waals surface area contributed by atoms with Crippen LogP contribution in [-0.2, 0) is 15.8 Å². The van der Waals surface area contributed by atoms with E-state index in [-0.39, 0.29) is 41.5 Å². The topological polar surface area (TPSA) is 85.0 Å². The third kappa shape index (κ3) is 8.09. The van der Waals surface area contributed by atoms with Gasteiger partial charge < -0.3 is 20.4 Å². The van der Waals surface area contributed by atoms with Crippen molar-refractivity contribution in [3.63, 3.8) is 0 Å². The van der Waals surface area contributed by atoms with Crippen molar-refractivity contribution in [1.29, 1.82) is 0 Å². The average molecular weight is 683 g/mol. The number of urea groups is 1. The molecule has 3 fully saturated rings. The Labute approximate surface area is 277 Å². The van der Waals surface area contributed by atoms with Crippen LogP contribution in [0.1, 0.15) is 63.0 Å². The van der Waals surface area contributed by atoms with E-state index in [0.29, 0.717) is 37.5 Å². The number of anilines is 2. The number of carbonyl (C=O) groups excluding carboxylic acids is 3. The fraction of sp³-hybridized carbons (Fsp3) is 0.545. The summed E-state index contributed by atoms with van der Waals surface area (Å²) in [6.07, 6.45) is 0.883. The molecule has 0 radical (unpaired) electrons. The van der Waals surface area contributed by atoms with Crippen LogP contribution in [0.4, 0.5) is 29.3 Å². The lowest BCUT2D eigenvalue weighted by atomic mass is 9.94. The number of carbonyl (C=O) groups is 3. The monoisotopic (exact) mass is 681 g/mol. The maximum absolute atomic E-state index is 13.8. The van der Waals surface area contributed by atoms with Gasteiger partial charge in [-0.05, 0) is 87.8 Å². The van der Waals surface area contributed by atoms with Crippen LogP contribution in [0.25, 0.3) is 0 Å². The predicted octanol–water partition coefficient (Wildman–Crippen LogP) is 7.12. The van der Waals surface area contributed by atoms with E-state index in [0.717, 1.165) is 62.0 Å². The van der Waals surface area contributed by atoms with Crippen molar-refractivity contribution < 1.29 is 27.6 Å². The van der Waals surface area contributed by atoms with Gasteiger partial charge in [-0.3, -0.25) is 14.5 Å². The minimum Gasteiger partial charge on any atom is -0.343 e. The molecule has 2 unspecified atom stereocenters. The van der Waals surface area contributed by atoms with Gasteiger partial charge >= 0.3 is 12.2 Å². The average Bonchev–Trinajstić information content (AvgIpc) is 3.24. The highest BCUT2D eigenvalue weighted by molar-refractivity contribution is 6.32. The van der Waals surface area contributed by atoms with Crippen molar-refractivity contribution in [3.8, 4) is 0 Å². The number of piperidine rings is 2. The summed E-state index contributed by atoms with van der Waals surface area (Å²) in [6, 6.07) is 8.90. The van der Waals surface area contributed by atoms with Crippen LogP contribution < -0.4 is 15.5 Å². The normalized spacial score (nSPS) is 22.1. The highest BCUT2D eigenvalue weighted by Crippen LogP contribution is 2.38. The number of fused-ring (bicyclic) bond motifs is 2. The zero-order chi connectivity index (χ0) is 33.2. The molecule has 2 aromatic carbocycles. The fourth-order valence-corrected chi connectivity index (χ4v) is 7.52. The lowest BCUT2D eigenvalue weighted by Gasteiger charge is -2.39. The van der Waals surface area contributed by atoms with Crippen LogP contribution in [-0.4, -0.2) is 71.9 Å². The number of nitrogens with zero attached hydrogens (tertiary/aromatic N) is 3. The van der Waals surface area contributed by atoms with Gasteiger partial charge in [0.25, 0.3) is 0 Å². The van der Waals surface area contributed by atoms with E-state index in [4.69, 9.17) is 23.2 Å². The van der Waals surface area contributed by atoms with E-state index >= 15 is 0 Å². The number of halogens is 5. The molecule has 8 nitrogen and oxygen atoms in total. The minimum atomic E-state index is -4.62. The van der Waals surface area contributed by atoms with Gasteiger partial charge in [-0.2, -0.15) is 13.2 Å². The van der Waals surface area contributed by atoms with Crippen molar-refractivity contribution in [2.45, 2.75) is 83.1 Å². The second kappa shape index (κ2) is 14.4. The molecule has 3 heterocycles. The maximum Gasteiger partial charge on any atom is 0.417 e. The molecular formula is C33H40Cl2F3N5O3. The molecule has 2 N–H and O–H groups in total. The molecule has 5 rings (SSSR count). The summed E-state index contributed by atoms with van der Waals surface area (Å²) < 4.78 is 39.7. The van der Waals surface area contributed by atoms with Gasteiger partial charge in [0, 0.05) is 73.5 Å². The van der Waals surface area contributed by atoms with Crippen molar-refractivity contribution >= 4 is 52.4 Å². The van der Waals surface area contributed by atoms with Crippen LogP contribution >= 0.6 is 23.2 Å². The van der Waals surface area contributed by atoms with E-state index in [9.17, 15) is 27.6 Å². The first-order chi connectivity index (χ1) is 21.8. The Morgan fingerprint density at radius 1 is 0.957 bits per heavy atom. The first kappa shape index (κ1) is 34.3. The zero-order valence-corrected chi connectivity index (χ0v) is 27.5. The number of hydrogen-bond acceptors (Lipinski definition) is 4. The third-order valence-electron chi connectivity index (χ3n) is 9.57. The van der Waals surface area contributed by atoms with Crippen LogP contribution in [0, 0.1) is 12.8 Å². The Morgan fingerprint density at radius 3 is 2.24 bits per heavy atom. The van der Waals surface area contributed by atoms with Gasteiger partial charge in [-0.15, -0.1) is 0 Å². The lowest BCUT2D eigenvalue weighted by molar-refractivity contribution is -0.137. The number of aryl methyl sites for hydroxylation is 1. The van der Waals surface area contributed by atoms with E-state index in [1.807, 2.05) is 30.0 Å². The van der Waals surface area contributed by atoms with Crippen LogP contribution in [0.2, 0.25) is 10.0 Å². The first-order valence-corrected chi connectivity index (χ1v) is 16.6. The number of rotatable bonds is 8. The SMILES string of the molecule is CC(=O)N1CCC(C(=O)N(CCCN2C3CCC2CC(NC(=O)Nc2ccc(Cl)c(C(F)(F)F)c2)C3)c2ccc(C)c(Cl)c2)CC1. The van der Waals surface area contributed by atoms with Crippen molar-refractivity contribution in [1.82, 2.24) is 15.1 Å². The standard InChI is InChI=1S/C33H40Cl2F3N5O3/c1-20-4-6-27(19-30(20)35)43(31(45)22-10-14-41(15-11-22)21(2)44)13-3-12-42-25-7-8-26(42)17-24(16-25)40-32(46)39-23-5-9-29(34)28(18-23)33(36,37)38/h4-6,9,18-19,22,24-26H,3,7-8,10-17H2,1-2H3,(H2,39,40,46). The third-order valence-corrected chi connectivity index (χ3v) is 10.3. The number of benzene rings is 2. The van der Waals surface area contributed by atoms with Gasteiger partial charge in [-0.25, -0.2) is 4.79 Å². The number of likely N-dealkylation sites (tertiary alicyclic amines) is 1. The summed E-state index contributed by atoms with van der Waals surface area (Å²) >= 11 is 12.2. The van der Waals surface area contributed by atoms with Gasteiger partial charge in [0.2, 0.25) is 11.8 Å². The van der Waals surface area contributed by atoms with E-state index in [2.05, 4.69) is 15.5 Å². The molecule has 3 aliphatic heterocycles. The molecule has 0 spiro atoms. The van der Waals surface area contributed by atoms with Gasteiger partial charge in [-0.1, -0.05) is 29.3 Å². The van der Waals surface area contributed by atoms with Gasteiger partial charge in [0.05, 0.1) is 10.6 Å². The molecule has 2 bridgehead atoms. The van der Waals surface area contributed by atoms with Crippen LogP contribution in [0.3, 0.4) is 0 Å². The van der Waals surface area contributed by atoms with Crippen LogP contribution in [0.15, 0.2) is 36.4 Å².